The molecule has 1 aromatic rings. The van der Waals surface area contributed by atoms with E-state index in [1.165, 1.54) is 0 Å². The third kappa shape index (κ3) is 5.52. The van der Waals surface area contributed by atoms with Crippen LogP contribution in [0.2, 0.25) is 5.02 Å². The summed E-state index contributed by atoms with van der Waals surface area (Å²) in [5.74, 6) is 0.567. The topological polar surface area (TPSA) is 48.5 Å². The zero-order valence-corrected chi connectivity index (χ0v) is 14.1. The number of carbonyl (C=O) groups is 1. The van der Waals surface area contributed by atoms with Gasteiger partial charge in [-0.15, -0.1) is 0 Å². The quantitative estimate of drug-likeness (QED) is 0.801. The summed E-state index contributed by atoms with van der Waals surface area (Å²) >= 11 is 6.15. The number of nitrogens with one attached hydrogen (secondary N) is 1. The molecule has 0 fully saturated rings. The Morgan fingerprint density at radius 2 is 1.95 bits per heavy atom. The van der Waals surface area contributed by atoms with Gasteiger partial charge in [-0.05, 0) is 39.6 Å². The first-order chi connectivity index (χ1) is 9.99. The van der Waals surface area contributed by atoms with E-state index < -0.39 is 0 Å². The minimum Gasteiger partial charge on any atom is -0.370 e. The maximum absolute atomic E-state index is 12.7. The molecule has 1 aromatic heterocycles. The minimum atomic E-state index is -0.108. The Balaban J connectivity index is 2.93. The van der Waals surface area contributed by atoms with E-state index in [1.807, 2.05) is 25.9 Å². The van der Waals surface area contributed by atoms with Gasteiger partial charge in [0, 0.05) is 26.2 Å². The zero-order chi connectivity index (χ0) is 15.8. The molecule has 1 heterocycles. The molecule has 0 aliphatic rings. The summed E-state index contributed by atoms with van der Waals surface area (Å²) in [7, 11) is 3.98. The van der Waals surface area contributed by atoms with Crippen LogP contribution >= 0.6 is 11.6 Å². The summed E-state index contributed by atoms with van der Waals surface area (Å²) in [4.78, 5) is 20.9. The lowest BCUT2D eigenvalue weighted by molar-refractivity contribution is 0.0739. The van der Waals surface area contributed by atoms with Crippen LogP contribution in [0.1, 0.15) is 30.8 Å². The third-order valence-corrected chi connectivity index (χ3v) is 3.31. The number of rotatable bonds is 8. The standard InChI is InChI=1S/C15H25ClN4O/c1-5-9-20(11-10-19(3)4)15(21)14-12(16)7-8-13(18-14)17-6-2/h7-8H,5-6,9-11H2,1-4H3,(H,17,18). The molecule has 6 heteroatoms. The van der Waals surface area contributed by atoms with Crippen LogP contribution in [0, 0.1) is 0 Å². The molecular weight excluding hydrogens is 288 g/mol. The second-order valence-electron chi connectivity index (χ2n) is 5.15. The number of carbonyl (C=O) groups excluding carboxylic acids is 1. The van der Waals surface area contributed by atoms with Crippen molar-refractivity contribution < 1.29 is 4.79 Å². The summed E-state index contributed by atoms with van der Waals surface area (Å²) in [6.45, 7) is 6.98. The highest BCUT2D eigenvalue weighted by Crippen LogP contribution is 2.18. The molecule has 0 bridgehead atoms. The van der Waals surface area contributed by atoms with E-state index in [0.717, 1.165) is 19.5 Å². The SMILES string of the molecule is CCCN(CCN(C)C)C(=O)c1nc(NCC)ccc1Cl. The molecule has 21 heavy (non-hydrogen) atoms. The summed E-state index contributed by atoms with van der Waals surface area (Å²) in [6.07, 6.45) is 0.906. The Bertz CT molecular complexity index is 465. The second-order valence-corrected chi connectivity index (χ2v) is 5.56. The lowest BCUT2D eigenvalue weighted by Crippen LogP contribution is -2.37. The number of hydrogen-bond acceptors (Lipinski definition) is 4. The van der Waals surface area contributed by atoms with Gasteiger partial charge in [-0.25, -0.2) is 4.98 Å². The smallest absolute Gasteiger partial charge is 0.274 e. The van der Waals surface area contributed by atoms with Gasteiger partial charge in [-0.1, -0.05) is 18.5 Å². The molecule has 0 aromatic carbocycles. The Hall–Kier alpha value is -1.33. The highest BCUT2D eigenvalue weighted by Gasteiger charge is 2.20. The van der Waals surface area contributed by atoms with Gasteiger partial charge in [0.25, 0.3) is 5.91 Å². The molecule has 0 saturated carbocycles. The van der Waals surface area contributed by atoms with Crippen LogP contribution in [0.3, 0.4) is 0 Å². The highest BCUT2D eigenvalue weighted by molar-refractivity contribution is 6.33. The maximum atomic E-state index is 12.7. The lowest BCUT2D eigenvalue weighted by atomic mass is 10.2. The lowest BCUT2D eigenvalue weighted by Gasteiger charge is -2.24. The Morgan fingerprint density at radius 3 is 2.52 bits per heavy atom. The number of pyridine rings is 1. The highest BCUT2D eigenvalue weighted by atomic mass is 35.5. The van der Waals surface area contributed by atoms with Crippen LogP contribution in [0.25, 0.3) is 0 Å². The average Bonchev–Trinajstić information content (AvgIpc) is 2.45. The largest absolute Gasteiger partial charge is 0.370 e. The normalized spacial score (nSPS) is 10.8. The van der Waals surface area contributed by atoms with Crippen LogP contribution < -0.4 is 5.32 Å². The van der Waals surface area contributed by atoms with Crippen LogP contribution in [-0.2, 0) is 0 Å². The van der Waals surface area contributed by atoms with Crippen LogP contribution in [0.4, 0.5) is 5.82 Å². The van der Waals surface area contributed by atoms with Gasteiger partial charge in [-0.2, -0.15) is 0 Å². The van der Waals surface area contributed by atoms with E-state index in [1.54, 1.807) is 12.1 Å². The summed E-state index contributed by atoms with van der Waals surface area (Å²) in [5, 5.41) is 3.50. The Labute approximate surface area is 132 Å². The number of aromatic nitrogens is 1. The minimum absolute atomic E-state index is 0.108. The number of likely N-dealkylation sites (N-methyl/N-ethyl adjacent to an activating group) is 1. The monoisotopic (exact) mass is 312 g/mol. The second kappa shape index (κ2) is 8.85. The fraction of sp³-hybridized carbons (Fsp3) is 0.600. The van der Waals surface area contributed by atoms with Crippen molar-refractivity contribution in [3.63, 3.8) is 0 Å². The van der Waals surface area contributed by atoms with E-state index in [2.05, 4.69) is 22.1 Å². The number of amides is 1. The number of nitrogens with zero attached hydrogens (tertiary/aromatic N) is 3. The average molecular weight is 313 g/mol. The predicted octanol–water partition coefficient (Wildman–Crippen LogP) is 2.58. The summed E-state index contributed by atoms with van der Waals surface area (Å²) < 4.78 is 0. The molecule has 0 aliphatic heterocycles. The zero-order valence-electron chi connectivity index (χ0n) is 13.3. The Kier molecular flexibility index (Phi) is 7.47. The molecular formula is C15H25ClN4O. The summed E-state index contributed by atoms with van der Waals surface area (Å²) in [6, 6.07) is 3.50. The fourth-order valence-electron chi connectivity index (χ4n) is 1.93. The van der Waals surface area contributed by atoms with Crippen molar-refractivity contribution in [2.24, 2.45) is 0 Å². The van der Waals surface area contributed by atoms with Gasteiger partial charge >= 0.3 is 0 Å². The molecule has 0 atom stereocenters. The molecule has 5 nitrogen and oxygen atoms in total. The van der Waals surface area contributed by atoms with Crippen molar-refractivity contribution in [1.82, 2.24) is 14.8 Å². The van der Waals surface area contributed by atoms with Gasteiger partial charge in [-0.3, -0.25) is 4.79 Å². The number of anilines is 1. The van der Waals surface area contributed by atoms with E-state index >= 15 is 0 Å². The molecule has 0 unspecified atom stereocenters. The van der Waals surface area contributed by atoms with Gasteiger partial charge in [0.2, 0.25) is 0 Å². The van der Waals surface area contributed by atoms with E-state index in [-0.39, 0.29) is 5.91 Å². The first-order valence-corrected chi connectivity index (χ1v) is 7.71. The third-order valence-electron chi connectivity index (χ3n) is 3.00. The van der Waals surface area contributed by atoms with Crippen LogP contribution in [0.15, 0.2) is 12.1 Å². The van der Waals surface area contributed by atoms with Crippen LogP contribution in [0.5, 0.6) is 0 Å². The van der Waals surface area contributed by atoms with Gasteiger partial charge < -0.3 is 15.1 Å². The van der Waals surface area contributed by atoms with Crippen molar-refractivity contribution in [3.8, 4) is 0 Å². The molecule has 0 radical (unpaired) electrons. The van der Waals surface area contributed by atoms with E-state index in [4.69, 9.17) is 11.6 Å². The van der Waals surface area contributed by atoms with Crippen molar-refractivity contribution in [2.45, 2.75) is 20.3 Å². The first-order valence-electron chi connectivity index (χ1n) is 7.34. The van der Waals surface area contributed by atoms with Crippen molar-refractivity contribution >= 4 is 23.3 Å². The number of hydrogen-bond donors (Lipinski definition) is 1. The van der Waals surface area contributed by atoms with Gasteiger partial charge in [0.05, 0.1) is 5.02 Å². The first kappa shape index (κ1) is 17.7. The molecule has 1 N–H and O–H groups in total. The van der Waals surface area contributed by atoms with E-state index in [9.17, 15) is 4.79 Å². The van der Waals surface area contributed by atoms with Crippen molar-refractivity contribution in [3.05, 3.63) is 22.8 Å². The number of halogens is 1. The Morgan fingerprint density at radius 1 is 1.24 bits per heavy atom. The molecule has 1 amide bonds. The van der Waals surface area contributed by atoms with E-state index in [0.29, 0.717) is 29.6 Å². The predicted molar refractivity (Wildman–Crippen MR) is 88.2 cm³/mol. The van der Waals surface area contributed by atoms with Crippen molar-refractivity contribution in [1.29, 1.82) is 0 Å². The maximum Gasteiger partial charge on any atom is 0.274 e. The molecule has 1 rings (SSSR count). The molecule has 118 valence electrons. The van der Waals surface area contributed by atoms with Gasteiger partial charge in [0.15, 0.2) is 0 Å². The molecule has 0 aliphatic carbocycles. The van der Waals surface area contributed by atoms with Crippen LogP contribution in [-0.4, -0.2) is 61.0 Å². The molecule has 0 spiro atoms. The van der Waals surface area contributed by atoms with Gasteiger partial charge in [0.1, 0.15) is 11.5 Å². The molecule has 0 saturated heterocycles. The summed E-state index contributed by atoms with van der Waals surface area (Å²) in [5.41, 5.74) is 0.322. The fourth-order valence-corrected chi connectivity index (χ4v) is 2.11. The van der Waals surface area contributed by atoms with Crippen molar-refractivity contribution in [2.75, 3.05) is 45.6 Å².